The highest BCUT2D eigenvalue weighted by Gasteiger charge is 2.42. The van der Waals surface area contributed by atoms with Gasteiger partial charge < -0.3 is 15.2 Å². The molecule has 0 spiro atoms. The highest BCUT2D eigenvalue weighted by Crippen LogP contribution is 2.46. The third-order valence-corrected chi connectivity index (χ3v) is 6.76. The first-order valence-electron chi connectivity index (χ1n) is 10.4. The molecule has 0 saturated heterocycles. The van der Waals surface area contributed by atoms with Crippen molar-refractivity contribution in [3.63, 3.8) is 0 Å². The van der Waals surface area contributed by atoms with Crippen molar-refractivity contribution < 1.29 is 18.0 Å². The van der Waals surface area contributed by atoms with E-state index in [1.54, 1.807) is 18.2 Å². The van der Waals surface area contributed by atoms with E-state index >= 15 is 0 Å². The molecule has 2 aliphatic rings. The molecule has 0 atom stereocenters. The number of nitrogens with two attached hydrogens (primary N) is 1. The van der Waals surface area contributed by atoms with E-state index in [2.05, 4.69) is 10.3 Å². The van der Waals surface area contributed by atoms with Crippen LogP contribution < -0.4 is 14.8 Å². The van der Waals surface area contributed by atoms with E-state index in [-0.39, 0.29) is 11.6 Å². The Morgan fingerprint density at radius 3 is 2.62 bits per heavy atom. The van der Waals surface area contributed by atoms with E-state index in [4.69, 9.17) is 5.14 Å². The van der Waals surface area contributed by atoms with Crippen LogP contribution in [0.25, 0.3) is 11.1 Å². The number of aromatic nitrogens is 1. The first kappa shape index (κ1) is 22.3. The van der Waals surface area contributed by atoms with E-state index in [0.717, 1.165) is 17.7 Å². The topological polar surface area (TPSA) is 129 Å². The van der Waals surface area contributed by atoms with Gasteiger partial charge in [-0.25, -0.2) is 5.14 Å². The van der Waals surface area contributed by atoms with Gasteiger partial charge in [0.05, 0.1) is 16.8 Å². The quantitative estimate of drug-likeness (QED) is 0.584. The molecular formula is C22H27N5O4S. The van der Waals surface area contributed by atoms with Crippen LogP contribution >= 0.6 is 0 Å². The van der Waals surface area contributed by atoms with Gasteiger partial charge in [-0.2, -0.15) is 12.7 Å². The predicted octanol–water partition coefficient (Wildman–Crippen LogP) is 1.33. The van der Waals surface area contributed by atoms with Crippen molar-refractivity contribution in [1.82, 2.24) is 15.2 Å². The van der Waals surface area contributed by atoms with Crippen molar-refractivity contribution >= 4 is 38.9 Å². The van der Waals surface area contributed by atoms with Crippen molar-refractivity contribution in [2.24, 2.45) is 5.14 Å². The number of amides is 2. The third kappa shape index (κ3) is 3.64. The molecule has 9 nitrogen and oxygen atoms in total. The van der Waals surface area contributed by atoms with E-state index in [9.17, 15) is 18.0 Å². The summed E-state index contributed by atoms with van der Waals surface area (Å²) in [5, 5.41) is 8.31. The average molecular weight is 458 g/mol. The molecule has 0 unspecified atom stereocenters. The second-order valence-electron chi connectivity index (χ2n) is 8.53. The number of fused-ring (bicyclic) bond motifs is 2. The molecule has 0 bridgehead atoms. The second-order valence-corrected chi connectivity index (χ2v) is 9.92. The number of carbonyl (C=O) groups excluding carboxylic acids is 2. The number of allylic oxidation sites excluding steroid dienone is 1. The lowest BCUT2D eigenvalue weighted by Gasteiger charge is -2.13. The van der Waals surface area contributed by atoms with Gasteiger partial charge in [-0.15, -0.1) is 0 Å². The van der Waals surface area contributed by atoms with Crippen molar-refractivity contribution in [2.75, 3.05) is 31.5 Å². The lowest BCUT2D eigenvalue weighted by molar-refractivity contribution is -0.111. The predicted molar refractivity (Wildman–Crippen MR) is 123 cm³/mol. The minimum absolute atomic E-state index is 0.159. The molecule has 4 rings (SSSR count). The maximum absolute atomic E-state index is 13.3. The SMILES string of the molecule is Cc1ccc2c(c1)/C(=C1\CCc3c1[nH]c(C)c3C(=O)NCCN(C)C)C(=O)N2S(N)(=O)=O. The fraction of sp³-hybridized carbons (Fsp3) is 0.364. The Bertz CT molecular complexity index is 1270. The molecule has 32 heavy (non-hydrogen) atoms. The first-order valence-corrected chi connectivity index (χ1v) is 11.9. The van der Waals surface area contributed by atoms with Crippen LogP contribution in [-0.2, 0) is 21.4 Å². The van der Waals surface area contributed by atoms with Crippen molar-refractivity contribution in [3.05, 3.63) is 51.8 Å². The number of nitrogens with one attached hydrogen (secondary N) is 2. The summed E-state index contributed by atoms with van der Waals surface area (Å²) in [6, 6.07) is 5.14. The van der Waals surface area contributed by atoms with Crippen LogP contribution in [0.5, 0.6) is 0 Å². The number of hydrogen-bond donors (Lipinski definition) is 3. The minimum Gasteiger partial charge on any atom is -0.358 e. The Balaban J connectivity index is 1.81. The molecule has 2 aromatic rings. The monoisotopic (exact) mass is 457 g/mol. The molecule has 1 aliphatic carbocycles. The number of rotatable bonds is 5. The van der Waals surface area contributed by atoms with E-state index in [1.807, 2.05) is 32.8 Å². The van der Waals surface area contributed by atoms with Crippen LogP contribution in [0.4, 0.5) is 5.69 Å². The molecule has 0 saturated carbocycles. The van der Waals surface area contributed by atoms with Crippen LogP contribution in [0.2, 0.25) is 0 Å². The molecule has 2 amide bonds. The van der Waals surface area contributed by atoms with Gasteiger partial charge >= 0.3 is 10.2 Å². The molecule has 0 fully saturated rings. The smallest absolute Gasteiger partial charge is 0.305 e. The van der Waals surface area contributed by atoms with Gasteiger partial charge in [0.15, 0.2) is 0 Å². The van der Waals surface area contributed by atoms with E-state index in [1.165, 1.54) is 0 Å². The zero-order valence-corrected chi connectivity index (χ0v) is 19.4. The van der Waals surface area contributed by atoms with Crippen LogP contribution in [0.1, 0.15) is 44.9 Å². The zero-order chi connectivity index (χ0) is 23.4. The van der Waals surface area contributed by atoms with Crippen LogP contribution in [0.3, 0.4) is 0 Å². The Kier molecular flexibility index (Phi) is 5.48. The second kappa shape index (κ2) is 7.88. The number of aromatic amines is 1. The zero-order valence-electron chi connectivity index (χ0n) is 18.6. The van der Waals surface area contributed by atoms with Gasteiger partial charge in [0, 0.05) is 30.0 Å². The normalized spacial score (nSPS) is 17.8. The number of benzene rings is 1. The fourth-order valence-electron chi connectivity index (χ4n) is 4.50. The average Bonchev–Trinajstić information content (AvgIpc) is 3.29. The summed E-state index contributed by atoms with van der Waals surface area (Å²) in [4.78, 5) is 31.4. The summed E-state index contributed by atoms with van der Waals surface area (Å²) in [6.45, 7) is 4.95. The minimum atomic E-state index is -4.28. The largest absolute Gasteiger partial charge is 0.358 e. The summed E-state index contributed by atoms with van der Waals surface area (Å²) in [7, 11) is -0.406. The third-order valence-electron chi connectivity index (χ3n) is 5.88. The lowest BCUT2D eigenvalue weighted by Crippen LogP contribution is -2.38. The molecule has 1 aliphatic heterocycles. The van der Waals surface area contributed by atoms with Gasteiger partial charge in [-0.05, 0) is 64.1 Å². The molecule has 2 heterocycles. The highest BCUT2D eigenvalue weighted by atomic mass is 32.2. The van der Waals surface area contributed by atoms with Gasteiger partial charge in [-0.1, -0.05) is 11.6 Å². The van der Waals surface area contributed by atoms with Gasteiger partial charge in [-0.3, -0.25) is 9.59 Å². The lowest BCUT2D eigenvalue weighted by atomic mass is 9.98. The van der Waals surface area contributed by atoms with Crippen molar-refractivity contribution in [3.8, 4) is 0 Å². The molecule has 10 heteroatoms. The summed E-state index contributed by atoms with van der Waals surface area (Å²) in [5.74, 6) is -0.826. The molecule has 1 aromatic heterocycles. The van der Waals surface area contributed by atoms with Gasteiger partial charge in [0.1, 0.15) is 0 Å². The van der Waals surface area contributed by atoms with Crippen molar-refractivity contribution in [2.45, 2.75) is 26.7 Å². The van der Waals surface area contributed by atoms with Crippen LogP contribution in [0, 0.1) is 13.8 Å². The molecule has 4 N–H and O–H groups in total. The fourth-order valence-corrected chi connectivity index (χ4v) is 5.25. The van der Waals surface area contributed by atoms with E-state index < -0.39 is 16.1 Å². The highest BCUT2D eigenvalue weighted by molar-refractivity contribution is 7.91. The van der Waals surface area contributed by atoms with Crippen LogP contribution in [-0.4, -0.2) is 57.3 Å². The number of aryl methyl sites for hydroxylation is 2. The maximum Gasteiger partial charge on any atom is 0.305 e. The number of anilines is 1. The Morgan fingerprint density at radius 1 is 1.25 bits per heavy atom. The van der Waals surface area contributed by atoms with Gasteiger partial charge in [0.25, 0.3) is 11.8 Å². The number of likely N-dealkylation sites (N-methyl/N-ethyl adjacent to an activating group) is 1. The summed E-state index contributed by atoms with van der Waals surface area (Å²) in [6.07, 6.45) is 1.10. The van der Waals surface area contributed by atoms with Crippen molar-refractivity contribution in [1.29, 1.82) is 0 Å². The Labute approximate surface area is 187 Å². The first-order chi connectivity index (χ1) is 15.0. The Hall–Kier alpha value is -2.95. The standard InChI is InChI=1S/C22H27N5O4S/c1-12-5-8-17-16(11-12)19(22(29)27(17)32(23,30)31)15-7-6-14-18(13(2)25-20(14)15)21(28)24-9-10-26(3)4/h5,8,11,25H,6-7,9-10H2,1-4H3,(H,24,28)(H2,23,30,31)/b19-15-. The summed E-state index contributed by atoms with van der Waals surface area (Å²) >= 11 is 0. The van der Waals surface area contributed by atoms with Gasteiger partial charge in [0.2, 0.25) is 0 Å². The van der Waals surface area contributed by atoms with Crippen LogP contribution in [0.15, 0.2) is 18.2 Å². The van der Waals surface area contributed by atoms with E-state index in [0.29, 0.717) is 57.4 Å². The maximum atomic E-state index is 13.3. The summed E-state index contributed by atoms with van der Waals surface area (Å²) < 4.78 is 25.0. The summed E-state index contributed by atoms with van der Waals surface area (Å²) in [5.41, 5.74) is 5.58. The number of H-pyrrole nitrogens is 1. The molecular weight excluding hydrogens is 430 g/mol. The molecule has 0 radical (unpaired) electrons. The molecule has 1 aromatic carbocycles. The number of hydrogen-bond acceptors (Lipinski definition) is 5. The number of nitrogens with zero attached hydrogens (tertiary/aromatic N) is 2. The number of carbonyl (C=O) groups is 2. The Morgan fingerprint density at radius 2 is 1.97 bits per heavy atom. The molecule has 170 valence electrons.